The molecule has 0 aromatic heterocycles. The molecule has 1 aromatic carbocycles. The van der Waals surface area contributed by atoms with Crippen LogP contribution < -0.4 is 0 Å². The van der Waals surface area contributed by atoms with Crippen LogP contribution in [0.15, 0.2) is 30.3 Å². The summed E-state index contributed by atoms with van der Waals surface area (Å²) in [7, 11) is 0. The van der Waals surface area contributed by atoms with E-state index in [0.29, 0.717) is 6.42 Å². The predicted molar refractivity (Wildman–Crippen MR) is 70.7 cm³/mol. The van der Waals surface area contributed by atoms with Gasteiger partial charge in [0, 0.05) is 6.42 Å². The highest BCUT2D eigenvalue weighted by molar-refractivity contribution is 6.08. The Kier molecular flexibility index (Phi) is 5.13. The number of hydrogen-bond acceptors (Lipinski definition) is 2. The van der Waals surface area contributed by atoms with E-state index in [0.717, 1.165) is 12.8 Å². The van der Waals surface area contributed by atoms with Crippen LogP contribution in [-0.4, -0.2) is 22.2 Å². The quantitative estimate of drug-likeness (QED) is 0.484. The summed E-state index contributed by atoms with van der Waals surface area (Å²) in [4.78, 5) is 22.9. The second kappa shape index (κ2) is 6.60. The lowest BCUT2D eigenvalue weighted by Gasteiger charge is -2.19. The third kappa shape index (κ3) is 3.14. The number of benzene rings is 1. The molecule has 19 heavy (non-hydrogen) atoms. The first-order chi connectivity index (χ1) is 9.05. The summed E-state index contributed by atoms with van der Waals surface area (Å²) in [5.74, 6) is 2.19. The normalized spacial score (nSPS) is 10.4. The second-order valence-corrected chi connectivity index (χ2v) is 4.13. The predicted octanol–water partition coefficient (Wildman–Crippen LogP) is 2.29. The van der Waals surface area contributed by atoms with Crippen LogP contribution in [0.25, 0.3) is 0 Å². The fraction of sp³-hybridized carbons (Fsp3) is 0.333. The van der Waals surface area contributed by atoms with Gasteiger partial charge in [-0.15, -0.1) is 5.92 Å². The van der Waals surface area contributed by atoms with E-state index in [1.807, 2.05) is 6.92 Å². The molecule has 2 N–H and O–H groups in total. The van der Waals surface area contributed by atoms with E-state index < -0.39 is 17.4 Å². The number of carboxylic acids is 2. The smallest absolute Gasteiger partial charge is 0.338 e. The monoisotopic (exact) mass is 260 g/mol. The highest BCUT2D eigenvalue weighted by Gasteiger charge is 2.47. The van der Waals surface area contributed by atoms with Gasteiger partial charge in [-0.25, -0.2) is 9.59 Å². The maximum atomic E-state index is 11.4. The van der Waals surface area contributed by atoms with Gasteiger partial charge < -0.3 is 10.2 Å². The van der Waals surface area contributed by atoms with Gasteiger partial charge in [0.25, 0.3) is 0 Å². The van der Waals surface area contributed by atoms with Gasteiger partial charge in [-0.05, 0) is 12.0 Å². The third-order valence-corrected chi connectivity index (χ3v) is 2.78. The second-order valence-electron chi connectivity index (χ2n) is 4.13. The molecule has 0 aliphatic carbocycles. The lowest BCUT2D eigenvalue weighted by atomic mass is 9.81. The Balaban J connectivity index is 3.27. The lowest BCUT2D eigenvalue weighted by molar-refractivity contribution is -0.154. The molecular formula is C15H16O4. The van der Waals surface area contributed by atoms with E-state index in [2.05, 4.69) is 11.8 Å². The van der Waals surface area contributed by atoms with Crippen LogP contribution >= 0.6 is 0 Å². The standard InChI is InChI=1S/C15H16O4/c1-2-3-4-8-11-15(13(16)17,14(18)19)12-9-6-5-7-10-12/h5-7,9-10H,2-4H2,1H3,(H,16,17)(H,18,19). The number of hydrogen-bond donors (Lipinski definition) is 2. The van der Waals surface area contributed by atoms with E-state index in [9.17, 15) is 19.8 Å². The summed E-state index contributed by atoms with van der Waals surface area (Å²) in [5.41, 5.74) is -2.02. The first kappa shape index (κ1) is 14.8. The molecule has 0 fully saturated rings. The van der Waals surface area contributed by atoms with Gasteiger partial charge in [-0.3, -0.25) is 0 Å². The van der Waals surface area contributed by atoms with Crippen LogP contribution in [0.1, 0.15) is 31.7 Å². The molecule has 4 heteroatoms. The molecule has 0 unspecified atom stereocenters. The van der Waals surface area contributed by atoms with Crippen LogP contribution in [0.5, 0.6) is 0 Å². The zero-order valence-corrected chi connectivity index (χ0v) is 10.7. The molecule has 1 rings (SSSR count). The molecule has 0 aliphatic rings. The molecule has 0 amide bonds. The van der Waals surface area contributed by atoms with Gasteiger partial charge in [0.05, 0.1) is 0 Å². The van der Waals surface area contributed by atoms with Crippen molar-refractivity contribution in [1.29, 1.82) is 0 Å². The lowest BCUT2D eigenvalue weighted by Crippen LogP contribution is -2.42. The van der Waals surface area contributed by atoms with Crippen LogP contribution in [0.4, 0.5) is 0 Å². The minimum absolute atomic E-state index is 0.166. The number of unbranched alkanes of at least 4 members (excludes halogenated alkanes) is 2. The zero-order chi connectivity index (χ0) is 14.3. The summed E-state index contributed by atoms with van der Waals surface area (Å²) in [6.07, 6.45) is 2.23. The van der Waals surface area contributed by atoms with E-state index in [1.54, 1.807) is 18.2 Å². The van der Waals surface area contributed by atoms with Crippen molar-refractivity contribution in [1.82, 2.24) is 0 Å². The van der Waals surface area contributed by atoms with Crippen molar-refractivity contribution in [2.24, 2.45) is 0 Å². The highest BCUT2D eigenvalue weighted by atomic mass is 16.4. The molecule has 4 nitrogen and oxygen atoms in total. The van der Waals surface area contributed by atoms with Crippen molar-refractivity contribution in [3.63, 3.8) is 0 Å². The highest BCUT2D eigenvalue weighted by Crippen LogP contribution is 2.24. The summed E-state index contributed by atoms with van der Waals surface area (Å²) >= 11 is 0. The molecular weight excluding hydrogens is 244 g/mol. The zero-order valence-electron chi connectivity index (χ0n) is 10.7. The third-order valence-electron chi connectivity index (χ3n) is 2.78. The van der Waals surface area contributed by atoms with Gasteiger partial charge in [-0.2, -0.15) is 0 Å². The Morgan fingerprint density at radius 2 is 1.74 bits per heavy atom. The molecule has 0 saturated carbocycles. The Morgan fingerprint density at radius 3 is 2.21 bits per heavy atom. The van der Waals surface area contributed by atoms with Crippen LogP contribution in [0, 0.1) is 11.8 Å². The van der Waals surface area contributed by atoms with E-state index in [1.165, 1.54) is 12.1 Å². The summed E-state index contributed by atoms with van der Waals surface area (Å²) in [5, 5.41) is 18.6. The minimum Gasteiger partial charge on any atom is -0.479 e. The Bertz CT molecular complexity index is 494. The molecule has 0 saturated heterocycles. The average Bonchev–Trinajstić information content (AvgIpc) is 2.39. The Morgan fingerprint density at radius 1 is 1.16 bits per heavy atom. The average molecular weight is 260 g/mol. The molecule has 0 atom stereocenters. The first-order valence-corrected chi connectivity index (χ1v) is 6.08. The minimum atomic E-state index is -2.19. The maximum Gasteiger partial charge on any atom is 0.338 e. The summed E-state index contributed by atoms with van der Waals surface area (Å²) in [6, 6.07) is 7.84. The van der Waals surface area contributed by atoms with E-state index >= 15 is 0 Å². The van der Waals surface area contributed by atoms with Crippen molar-refractivity contribution < 1.29 is 19.8 Å². The van der Waals surface area contributed by atoms with Crippen molar-refractivity contribution >= 4 is 11.9 Å². The van der Waals surface area contributed by atoms with Crippen molar-refractivity contribution in [2.45, 2.75) is 31.6 Å². The molecule has 0 spiro atoms. The maximum absolute atomic E-state index is 11.4. The van der Waals surface area contributed by atoms with Gasteiger partial charge in [0.1, 0.15) is 0 Å². The Labute approximate surface area is 112 Å². The Hall–Kier alpha value is -2.28. The van der Waals surface area contributed by atoms with Crippen molar-refractivity contribution in [3.8, 4) is 11.8 Å². The van der Waals surface area contributed by atoms with E-state index in [4.69, 9.17) is 0 Å². The number of rotatable bonds is 5. The summed E-state index contributed by atoms with van der Waals surface area (Å²) < 4.78 is 0. The van der Waals surface area contributed by atoms with Gasteiger partial charge >= 0.3 is 11.9 Å². The van der Waals surface area contributed by atoms with Gasteiger partial charge in [-0.1, -0.05) is 49.6 Å². The van der Waals surface area contributed by atoms with Gasteiger partial charge in [0.2, 0.25) is 5.41 Å². The van der Waals surface area contributed by atoms with Crippen LogP contribution in [0.3, 0.4) is 0 Å². The molecule has 0 bridgehead atoms. The fourth-order valence-corrected chi connectivity index (χ4v) is 1.67. The van der Waals surface area contributed by atoms with Crippen molar-refractivity contribution in [3.05, 3.63) is 35.9 Å². The molecule has 0 radical (unpaired) electrons. The largest absolute Gasteiger partial charge is 0.479 e. The van der Waals surface area contributed by atoms with E-state index in [-0.39, 0.29) is 5.56 Å². The number of carbonyl (C=O) groups is 2. The number of carboxylic acid groups (broad SMARTS) is 2. The molecule has 1 aromatic rings. The molecule has 0 heterocycles. The van der Waals surface area contributed by atoms with Crippen molar-refractivity contribution in [2.75, 3.05) is 0 Å². The topological polar surface area (TPSA) is 74.6 Å². The van der Waals surface area contributed by atoms with Gasteiger partial charge in [0.15, 0.2) is 0 Å². The fourth-order valence-electron chi connectivity index (χ4n) is 1.67. The van der Waals surface area contributed by atoms with Crippen LogP contribution in [0.2, 0.25) is 0 Å². The first-order valence-electron chi connectivity index (χ1n) is 6.08. The molecule has 0 aliphatic heterocycles. The number of aliphatic carboxylic acids is 2. The van der Waals surface area contributed by atoms with Crippen LogP contribution in [-0.2, 0) is 15.0 Å². The summed E-state index contributed by atoms with van der Waals surface area (Å²) in [6.45, 7) is 1.99. The molecule has 100 valence electrons. The SMILES string of the molecule is CCCCC#CC(C(=O)O)(C(=O)O)c1ccccc1.